The van der Waals surface area contributed by atoms with Crippen molar-refractivity contribution in [2.24, 2.45) is 0 Å². The quantitative estimate of drug-likeness (QED) is 0.155. The molecule has 0 bridgehead atoms. The first-order valence-corrected chi connectivity index (χ1v) is 23.6. The van der Waals surface area contributed by atoms with Crippen molar-refractivity contribution in [2.75, 3.05) is 4.90 Å². The van der Waals surface area contributed by atoms with E-state index in [1.807, 2.05) is 11.3 Å². The second-order valence-corrected chi connectivity index (χ2v) is 19.2. The molecule has 63 heavy (non-hydrogen) atoms. The lowest BCUT2D eigenvalue weighted by Gasteiger charge is -2.31. The Hall–Kier alpha value is -6.74. The topological polar surface area (TPSA) is 3.24 Å². The minimum absolute atomic E-state index is 0.134. The first kappa shape index (κ1) is 38.0. The van der Waals surface area contributed by atoms with E-state index >= 15 is 0 Å². The molecule has 304 valence electrons. The van der Waals surface area contributed by atoms with Crippen molar-refractivity contribution >= 4 is 59.3 Å². The van der Waals surface area contributed by atoms with Crippen LogP contribution in [0.15, 0.2) is 194 Å². The molecule has 0 aliphatic heterocycles. The van der Waals surface area contributed by atoms with E-state index in [1.165, 1.54) is 130 Å². The van der Waals surface area contributed by atoms with Crippen molar-refractivity contribution < 1.29 is 0 Å². The molecule has 9 aromatic carbocycles. The van der Waals surface area contributed by atoms with Crippen molar-refractivity contribution in [3.8, 4) is 44.5 Å². The van der Waals surface area contributed by atoms with Crippen molar-refractivity contribution in [2.45, 2.75) is 57.3 Å². The fourth-order valence-corrected chi connectivity index (χ4v) is 12.6. The van der Waals surface area contributed by atoms with Crippen molar-refractivity contribution in [3.63, 3.8) is 0 Å². The van der Waals surface area contributed by atoms with Crippen LogP contribution in [0.2, 0.25) is 0 Å². The Kier molecular flexibility index (Phi) is 9.20. The van der Waals surface area contributed by atoms with Crippen LogP contribution in [-0.4, -0.2) is 0 Å². The summed E-state index contributed by atoms with van der Waals surface area (Å²) < 4.78 is 2.64. The summed E-state index contributed by atoms with van der Waals surface area (Å²) >= 11 is 1.90. The Morgan fingerprint density at radius 3 is 1.89 bits per heavy atom. The van der Waals surface area contributed by atoms with Gasteiger partial charge < -0.3 is 4.90 Å². The molecule has 0 radical (unpaired) electrons. The highest BCUT2D eigenvalue weighted by molar-refractivity contribution is 7.26. The lowest BCUT2D eigenvalue weighted by Crippen LogP contribution is -2.16. The molecule has 0 unspecified atom stereocenters. The Morgan fingerprint density at radius 1 is 0.476 bits per heavy atom. The van der Waals surface area contributed by atoms with Crippen LogP contribution in [0.1, 0.15) is 68.6 Å². The van der Waals surface area contributed by atoms with E-state index in [-0.39, 0.29) is 5.41 Å². The number of rotatable bonds is 7. The smallest absolute Gasteiger partial charge is 0.0540 e. The normalized spacial score (nSPS) is 14.6. The molecule has 0 atom stereocenters. The highest BCUT2D eigenvalue weighted by Gasteiger charge is 2.37. The van der Waals surface area contributed by atoms with Gasteiger partial charge in [-0.05, 0) is 104 Å². The highest BCUT2D eigenvalue weighted by Crippen LogP contribution is 2.54. The van der Waals surface area contributed by atoms with E-state index < -0.39 is 0 Å². The van der Waals surface area contributed by atoms with E-state index in [1.54, 1.807) is 0 Å². The number of benzene rings is 9. The molecule has 1 aromatic heterocycles. The maximum Gasteiger partial charge on any atom is 0.0540 e. The molecule has 1 nitrogen and oxygen atoms in total. The molecule has 0 spiro atoms. The van der Waals surface area contributed by atoms with Gasteiger partial charge in [-0.2, -0.15) is 0 Å². The minimum atomic E-state index is -0.134. The van der Waals surface area contributed by atoms with Crippen LogP contribution >= 0.6 is 11.3 Å². The molecule has 2 heteroatoms. The lowest BCUT2D eigenvalue weighted by atomic mass is 9.79. The molecule has 0 N–H and O–H groups in total. The zero-order valence-corrected chi connectivity index (χ0v) is 36.8. The van der Waals surface area contributed by atoms with Gasteiger partial charge in [-0.25, -0.2) is 0 Å². The minimum Gasteiger partial charge on any atom is -0.309 e. The van der Waals surface area contributed by atoms with Crippen molar-refractivity contribution in [1.82, 2.24) is 0 Å². The molecular weight excluding hydrogens is 779 g/mol. The number of anilines is 3. The maximum atomic E-state index is 2.56. The molecule has 0 saturated heterocycles. The number of para-hydroxylation sites is 2. The predicted molar refractivity (Wildman–Crippen MR) is 271 cm³/mol. The summed E-state index contributed by atoms with van der Waals surface area (Å²) in [4.78, 5) is 2.56. The zero-order chi connectivity index (χ0) is 42.1. The molecule has 12 rings (SSSR count). The highest BCUT2D eigenvalue weighted by atomic mass is 32.1. The fourth-order valence-electron chi connectivity index (χ4n) is 11.4. The SMILES string of the molecule is CC1(C)c2ccccc2-c2cccc(-c3cccc(N(c4ccccc4-c4cccc5c4sc4ccccc45)c4ccccc4-c4cccc5cccc(C6CCCCC6)c45)c3)c21. The van der Waals surface area contributed by atoms with Crippen LogP contribution in [0.5, 0.6) is 0 Å². The third-order valence-corrected chi connectivity index (χ3v) is 15.5. The standard InChI is InChI=1S/C61H49NS/c1-61(2)54-35-10-6-25-46(54)51-32-17-30-45(59(51)61)42-23-14-24-43(39-42)62(56-37-12-8-27-48(56)52-33-18-34-53-49-28-9-13-38-57(49)63-60(52)53)55-36-11-7-26-47(55)50-31-16-22-41-21-15-29-44(58(41)50)40-19-4-3-5-20-40/h6-18,21-40H,3-5,19-20H2,1-2H3. The van der Waals surface area contributed by atoms with Crippen LogP contribution in [-0.2, 0) is 5.41 Å². The summed E-state index contributed by atoms with van der Waals surface area (Å²) in [5.74, 6) is 0.578. The van der Waals surface area contributed by atoms with E-state index in [0.29, 0.717) is 5.92 Å². The third kappa shape index (κ3) is 6.18. The summed E-state index contributed by atoms with van der Waals surface area (Å²) in [6.07, 6.45) is 6.48. The van der Waals surface area contributed by atoms with Gasteiger partial charge in [0.1, 0.15) is 0 Å². The second-order valence-electron chi connectivity index (χ2n) is 18.2. The van der Waals surface area contributed by atoms with E-state index in [2.05, 4.69) is 213 Å². The monoisotopic (exact) mass is 827 g/mol. The average Bonchev–Trinajstić information content (AvgIpc) is 3.84. The first-order valence-electron chi connectivity index (χ1n) is 22.8. The number of hydrogen-bond acceptors (Lipinski definition) is 2. The largest absolute Gasteiger partial charge is 0.309 e. The van der Waals surface area contributed by atoms with Gasteiger partial charge in [0, 0.05) is 48.0 Å². The first-order chi connectivity index (χ1) is 31.0. The van der Waals surface area contributed by atoms with Crippen LogP contribution in [0, 0.1) is 0 Å². The molecular formula is C61H49NS. The summed E-state index contributed by atoms with van der Waals surface area (Å²) in [5, 5.41) is 5.34. The second kappa shape index (κ2) is 15.3. The molecule has 10 aromatic rings. The van der Waals surface area contributed by atoms with Gasteiger partial charge in [0.25, 0.3) is 0 Å². The summed E-state index contributed by atoms with van der Waals surface area (Å²) in [5.41, 5.74) is 17.8. The number of thiophene rings is 1. The van der Waals surface area contributed by atoms with E-state index in [9.17, 15) is 0 Å². The van der Waals surface area contributed by atoms with Gasteiger partial charge in [-0.3, -0.25) is 0 Å². The molecule has 1 fully saturated rings. The Morgan fingerprint density at radius 2 is 1.06 bits per heavy atom. The lowest BCUT2D eigenvalue weighted by molar-refractivity contribution is 0.445. The fraction of sp³-hybridized carbons (Fsp3) is 0.148. The van der Waals surface area contributed by atoms with Crippen LogP contribution in [0.25, 0.3) is 75.5 Å². The van der Waals surface area contributed by atoms with Crippen molar-refractivity contribution in [1.29, 1.82) is 0 Å². The molecule has 2 aliphatic carbocycles. The van der Waals surface area contributed by atoms with Crippen LogP contribution in [0.4, 0.5) is 17.1 Å². The number of fused-ring (bicyclic) bond motifs is 7. The molecule has 0 amide bonds. The summed E-state index contributed by atoms with van der Waals surface area (Å²) in [7, 11) is 0. The third-order valence-electron chi connectivity index (χ3n) is 14.3. The Balaban J connectivity index is 1.11. The zero-order valence-electron chi connectivity index (χ0n) is 35.9. The van der Waals surface area contributed by atoms with E-state index in [4.69, 9.17) is 0 Å². The Bertz CT molecular complexity index is 3370. The van der Waals surface area contributed by atoms with Gasteiger partial charge in [0.2, 0.25) is 0 Å². The van der Waals surface area contributed by atoms with Gasteiger partial charge in [0.15, 0.2) is 0 Å². The average molecular weight is 828 g/mol. The van der Waals surface area contributed by atoms with Crippen molar-refractivity contribution in [3.05, 3.63) is 211 Å². The summed E-state index contributed by atoms with van der Waals surface area (Å²) in [6, 6.07) is 73.1. The predicted octanol–water partition coefficient (Wildman–Crippen LogP) is 18.0. The van der Waals surface area contributed by atoms with Gasteiger partial charge >= 0.3 is 0 Å². The number of hydrogen-bond donors (Lipinski definition) is 0. The summed E-state index contributed by atoms with van der Waals surface area (Å²) in [6.45, 7) is 4.79. The maximum absolute atomic E-state index is 2.56. The number of nitrogens with zero attached hydrogens (tertiary/aromatic N) is 1. The molecule has 1 saturated carbocycles. The molecule has 1 heterocycles. The van der Waals surface area contributed by atoms with Gasteiger partial charge in [-0.1, -0.05) is 197 Å². The Labute approximate surface area is 374 Å². The van der Waals surface area contributed by atoms with Crippen LogP contribution in [0.3, 0.4) is 0 Å². The van der Waals surface area contributed by atoms with Gasteiger partial charge in [-0.15, -0.1) is 11.3 Å². The van der Waals surface area contributed by atoms with Crippen LogP contribution < -0.4 is 4.90 Å². The van der Waals surface area contributed by atoms with Gasteiger partial charge in [0.05, 0.1) is 11.4 Å². The molecule has 2 aliphatic rings. The van der Waals surface area contributed by atoms with E-state index in [0.717, 1.165) is 11.4 Å².